The minimum Gasteiger partial charge on any atom is -0.342 e. The second-order valence-electron chi connectivity index (χ2n) is 1.57. The number of hydrogen-bond acceptors (Lipinski definition) is 4. The molecule has 0 aliphatic rings. The summed E-state index contributed by atoms with van der Waals surface area (Å²) in [6.45, 7) is 0. The fourth-order valence-corrected chi connectivity index (χ4v) is 0.623. The Kier molecular flexibility index (Phi) is 1.55. The lowest BCUT2D eigenvalue weighted by Crippen LogP contribution is -1.84. The molecule has 2 aromatic heterocycles. The third-order valence-corrected chi connectivity index (χ3v) is 1.03. The zero-order chi connectivity index (χ0) is 6.10. The predicted molar refractivity (Wildman–Crippen MR) is 31.6 cm³/mol. The molecule has 3 radical (unpaired) electrons. The lowest BCUT2D eigenvalue weighted by Gasteiger charge is -1.78. The highest BCUT2D eigenvalue weighted by atomic mass is 15.3. The lowest BCUT2D eigenvalue weighted by molar-refractivity contribution is 0.888. The molecule has 0 aromatic carbocycles. The van der Waals surface area contributed by atoms with Crippen molar-refractivity contribution in [1.82, 2.24) is 31.5 Å². The molecule has 6 heteroatoms. The van der Waals surface area contributed by atoms with E-state index in [0.717, 1.165) is 5.52 Å². The summed E-state index contributed by atoms with van der Waals surface area (Å²) in [7, 11) is 0. The molecule has 2 aromatic rings. The number of imidazole rings is 1. The summed E-state index contributed by atoms with van der Waals surface area (Å²) >= 11 is 0. The molecule has 0 fully saturated rings. The van der Waals surface area contributed by atoms with Gasteiger partial charge in [-0.2, -0.15) is 0 Å². The number of nitrogens with zero attached hydrogens (tertiary/aromatic N) is 5. The van der Waals surface area contributed by atoms with Gasteiger partial charge in [-0.25, -0.2) is 4.98 Å². The van der Waals surface area contributed by atoms with E-state index in [1.807, 2.05) is 0 Å². The molecule has 0 bridgehead atoms. The van der Waals surface area contributed by atoms with E-state index in [0.29, 0.717) is 5.65 Å². The summed E-state index contributed by atoms with van der Waals surface area (Å²) in [5.41, 5.74) is 1.41. The number of aromatic amines is 1. The Morgan fingerprint density at radius 2 is 2.30 bits per heavy atom. The number of hydrogen-bond donors (Lipinski definition) is 1. The highest BCUT2D eigenvalue weighted by Crippen LogP contribution is 1.97. The first-order chi connectivity index (χ1) is 4.47. The number of rotatable bonds is 0. The van der Waals surface area contributed by atoms with Crippen molar-refractivity contribution in [1.29, 1.82) is 0 Å². The van der Waals surface area contributed by atoms with Gasteiger partial charge in [-0.15, -0.1) is 10.2 Å². The highest BCUT2D eigenvalue weighted by molar-refractivity contribution is 5.66. The molecule has 1 N–H and O–H groups in total. The van der Waals surface area contributed by atoms with Gasteiger partial charge in [0.25, 0.3) is 0 Å². The molecule has 0 atom stereocenters. The average Bonchev–Trinajstić information content (AvgIpc) is 2.33. The maximum absolute atomic E-state index is 3.85. The zero-order valence-corrected chi connectivity index (χ0v) is 4.89. The number of H-pyrrole nitrogens is 1. The summed E-state index contributed by atoms with van der Waals surface area (Å²) < 4.78 is 0. The summed E-state index contributed by atoms with van der Waals surface area (Å²) in [6, 6.07) is 0. The van der Waals surface area contributed by atoms with Crippen molar-refractivity contribution in [2.75, 3.05) is 0 Å². The zero-order valence-electron chi connectivity index (χ0n) is 4.89. The summed E-state index contributed by atoms with van der Waals surface area (Å²) in [4.78, 5) is 6.69. The SMILES string of the molecule is [N].c1nc2nnncc2[nH]1. The van der Waals surface area contributed by atoms with Crippen molar-refractivity contribution in [3.63, 3.8) is 0 Å². The normalized spacial score (nSPS) is 9.20. The monoisotopic (exact) mass is 135 g/mol. The van der Waals surface area contributed by atoms with Crippen LogP contribution in [-0.4, -0.2) is 25.4 Å². The molecule has 0 saturated carbocycles. The molecular weight excluding hydrogens is 132 g/mol. The van der Waals surface area contributed by atoms with Crippen LogP contribution < -0.4 is 6.15 Å². The van der Waals surface area contributed by atoms with Crippen LogP contribution in [0.2, 0.25) is 0 Å². The molecule has 49 valence electrons. The van der Waals surface area contributed by atoms with Crippen LogP contribution >= 0.6 is 0 Å². The van der Waals surface area contributed by atoms with Crippen molar-refractivity contribution >= 4 is 11.2 Å². The van der Waals surface area contributed by atoms with Crippen LogP contribution in [0.5, 0.6) is 0 Å². The van der Waals surface area contributed by atoms with Crippen LogP contribution in [0.15, 0.2) is 12.5 Å². The second-order valence-corrected chi connectivity index (χ2v) is 1.57. The molecule has 10 heavy (non-hydrogen) atoms. The van der Waals surface area contributed by atoms with E-state index >= 15 is 0 Å². The largest absolute Gasteiger partial charge is 0.342 e. The van der Waals surface area contributed by atoms with Crippen LogP contribution in [-0.2, 0) is 0 Å². The third kappa shape index (κ3) is 0.799. The first-order valence-electron chi connectivity index (χ1n) is 2.44. The molecular formula is C4H3N6. The van der Waals surface area contributed by atoms with Crippen molar-refractivity contribution < 1.29 is 0 Å². The smallest absolute Gasteiger partial charge is 0.203 e. The average molecular weight is 135 g/mol. The number of nitrogens with one attached hydrogen (secondary N) is 1. The number of aromatic nitrogens is 5. The van der Waals surface area contributed by atoms with Crippen LogP contribution in [0.3, 0.4) is 0 Å². The van der Waals surface area contributed by atoms with Gasteiger partial charge >= 0.3 is 0 Å². The molecule has 2 heterocycles. The lowest BCUT2D eigenvalue weighted by atomic mass is 10.6. The minimum absolute atomic E-state index is 0. The second kappa shape index (κ2) is 2.36. The predicted octanol–water partition coefficient (Wildman–Crippen LogP) is -0.733. The van der Waals surface area contributed by atoms with Crippen LogP contribution in [0.25, 0.3) is 11.2 Å². The van der Waals surface area contributed by atoms with E-state index in [9.17, 15) is 0 Å². The Morgan fingerprint density at radius 1 is 1.40 bits per heavy atom. The maximum atomic E-state index is 3.85. The van der Waals surface area contributed by atoms with Gasteiger partial charge in [-0.05, 0) is 5.21 Å². The Balaban J connectivity index is 0.000000500. The minimum atomic E-state index is 0. The molecule has 0 unspecified atom stereocenters. The standard InChI is InChI=1S/C4H3N5.N/c1-3-4(6-2-5-3)8-9-7-1;/h1-2H,(H,5,6,7,8);. The van der Waals surface area contributed by atoms with E-state index in [4.69, 9.17) is 0 Å². The van der Waals surface area contributed by atoms with Crippen LogP contribution in [0, 0.1) is 0 Å². The molecule has 6 nitrogen and oxygen atoms in total. The fourth-order valence-electron chi connectivity index (χ4n) is 0.623. The summed E-state index contributed by atoms with van der Waals surface area (Å²) in [5, 5.41) is 10.6. The van der Waals surface area contributed by atoms with E-state index < -0.39 is 0 Å². The molecule has 0 amide bonds. The van der Waals surface area contributed by atoms with Gasteiger partial charge in [0.15, 0.2) is 0 Å². The van der Waals surface area contributed by atoms with E-state index in [2.05, 4.69) is 25.4 Å². The van der Waals surface area contributed by atoms with Gasteiger partial charge < -0.3 is 4.98 Å². The Bertz CT molecular complexity index is 284. The molecule has 0 spiro atoms. The Hall–Kier alpha value is -1.56. The van der Waals surface area contributed by atoms with Crippen molar-refractivity contribution in [3.8, 4) is 0 Å². The Morgan fingerprint density at radius 3 is 3.10 bits per heavy atom. The summed E-state index contributed by atoms with van der Waals surface area (Å²) in [5.74, 6) is 0. The topological polar surface area (TPSA) is 97.8 Å². The van der Waals surface area contributed by atoms with Gasteiger partial charge in [0.2, 0.25) is 5.65 Å². The van der Waals surface area contributed by atoms with E-state index in [-0.39, 0.29) is 6.15 Å². The van der Waals surface area contributed by atoms with Crippen LogP contribution in [0.1, 0.15) is 0 Å². The summed E-state index contributed by atoms with van der Waals surface area (Å²) in [6.07, 6.45) is 3.14. The van der Waals surface area contributed by atoms with Crippen molar-refractivity contribution in [2.45, 2.75) is 0 Å². The van der Waals surface area contributed by atoms with Gasteiger partial charge in [0.05, 0.1) is 12.5 Å². The third-order valence-electron chi connectivity index (χ3n) is 1.03. The van der Waals surface area contributed by atoms with E-state index in [1.54, 1.807) is 12.5 Å². The van der Waals surface area contributed by atoms with Gasteiger partial charge in [-0.1, -0.05) is 0 Å². The van der Waals surface area contributed by atoms with Crippen molar-refractivity contribution in [2.24, 2.45) is 0 Å². The van der Waals surface area contributed by atoms with Gasteiger partial charge in [0.1, 0.15) is 5.52 Å². The first-order valence-corrected chi connectivity index (χ1v) is 2.44. The highest BCUT2D eigenvalue weighted by Gasteiger charge is 1.92. The Labute approximate surface area is 56.3 Å². The molecule has 0 aliphatic carbocycles. The fraction of sp³-hybridized carbons (Fsp3) is 0. The molecule has 0 aliphatic heterocycles. The van der Waals surface area contributed by atoms with Gasteiger partial charge in [0, 0.05) is 6.15 Å². The van der Waals surface area contributed by atoms with Crippen molar-refractivity contribution in [3.05, 3.63) is 12.5 Å². The van der Waals surface area contributed by atoms with E-state index in [1.165, 1.54) is 0 Å². The maximum Gasteiger partial charge on any atom is 0.203 e. The number of fused-ring (bicyclic) bond motifs is 1. The molecule has 0 saturated heterocycles. The first kappa shape index (κ1) is 6.56. The molecule has 2 rings (SSSR count). The van der Waals surface area contributed by atoms with Crippen LogP contribution in [0.4, 0.5) is 0 Å². The van der Waals surface area contributed by atoms with Gasteiger partial charge in [-0.3, -0.25) is 0 Å². The quantitative estimate of drug-likeness (QED) is 0.514.